The number of benzene rings is 1. The van der Waals surface area contributed by atoms with E-state index in [1.54, 1.807) is 4.90 Å². The van der Waals surface area contributed by atoms with Crippen molar-refractivity contribution in [1.29, 1.82) is 0 Å². The second kappa shape index (κ2) is 7.96. The topological polar surface area (TPSA) is 81.1 Å². The number of hydrogen-bond donors (Lipinski definition) is 2. The molecule has 142 valence electrons. The monoisotopic (exact) mass is 424 g/mol. The van der Waals surface area contributed by atoms with Gasteiger partial charge in [0.25, 0.3) is 0 Å². The third-order valence-corrected chi connectivity index (χ3v) is 6.04. The lowest BCUT2D eigenvalue weighted by Gasteiger charge is -2.42. The molecule has 1 aliphatic heterocycles. The molecule has 2 fully saturated rings. The van der Waals surface area contributed by atoms with Crippen LogP contribution in [0.1, 0.15) is 43.6 Å². The summed E-state index contributed by atoms with van der Waals surface area (Å²) in [6.07, 6.45) is 3.20. The average Bonchev–Trinajstić information content (AvgIpc) is 2.62. The van der Waals surface area contributed by atoms with Crippen molar-refractivity contribution in [2.45, 2.75) is 43.6 Å². The first-order valence-corrected chi connectivity index (χ1v) is 9.94. The van der Waals surface area contributed by atoms with Crippen LogP contribution in [0.15, 0.2) is 28.7 Å². The number of carbonyl (C=O) groups is 2. The van der Waals surface area contributed by atoms with Gasteiger partial charge < -0.3 is 20.0 Å². The van der Waals surface area contributed by atoms with Crippen molar-refractivity contribution in [2.75, 3.05) is 26.2 Å². The third kappa shape index (κ3) is 4.04. The van der Waals surface area contributed by atoms with Gasteiger partial charge in [-0.05, 0) is 30.5 Å². The highest BCUT2D eigenvalue weighted by Gasteiger charge is 2.45. The van der Waals surface area contributed by atoms with Gasteiger partial charge in [0.05, 0.1) is 11.5 Å². The lowest BCUT2D eigenvalue weighted by atomic mass is 9.72. The van der Waals surface area contributed by atoms with Gasteiger partial charge in [-0.15, -0.1) is 0 Å². The van der Waals surface area contributed by atoms with Crippen LogP contribution in [0.25, 0.3) is 0 Å². The largest absolute Gasteiger partial charge is 0.465 e. The minimum absolute atomic E-state index is 0.0995. The average molecular weight is 425 g/mol. The predicted molar refractivity (Wildman–Crippen MR) is 101 cm³/mol. The summed E-state index contributed by atoms with van der Waals surface area (Å²) in [4.78, 5) is 27.5. The van der Waals surface area contributed by atoms with Gasteiger partial charge >= 0.3 is 6.09 Å². The molecule has 6 nitrogen and oxygen atoms in total. The zero-order valence-corrected chi connectivity index (χ0v) is 16.3. The summed E-state index contributed by atoms with van der Waals surface area (Å²) in [5, 5.41) is 20.5. The summed E-state index contributed by atoms with van der Waals surface area (Å²) in [6.45, 7) is 1.35. The van der Waals surface area contributed by atoms with E-state index in [0.29, 0.717) is 39.0 Å². The van der Waals surface area contributed by atoms with E-state index in [9.17, 15) is 14.7 Å². The van der Waals surface area contributed by atoms with E-state index in [1.807, 2.05) is 24.3 Å². The molecule has 2 aliphatic rings. The number of rotatable bonds is 3. The van der Waals surface area contributed by atoms with Crippen LogP contribution in [0.2, 0.25) is 0 Å². The van der Waals surface area contributed by atoms with Crippen molar-refractivity contribution in [3.05, 3.63) is 34.3 Å². The highest BCUT2D eigenvalue weighted by atomic mass is 79.9. The van der Waals surface area contributed by atoms with Gasteiger partial charge in [0.2, 0.25) is 5.91 Å². The van der Waals surface area contributed by atoms with E-state index < -0.39 is 17.6 Å². The van der Waals surface area contributed by atoms with E-state index in [1.165, 1.54) is 4.90 Å². The van der Waals surface area contributed by atoms with Crippen LogP contribution in [0.5, 0.6) is 0 Å². The number of carboxylic acid groups (broad SMARTS) is 1. The number of amides is 2. The van der Waals surface area contributed by atoms with Crippen molar-refractivity contribution in [1.82, 2.24) is 9.80 Å². The summed E-state index contributed by atoms with van der Waals surface area (Å²) in [5.74, 6) is -0.714. The standard InChI is InChI=1S/C19H25BrN2O4/c20-15-6-4-5-14(13-15)16(19(26)7-2-1-3-8-19)17(23)21-9-11-22(12-10-21)18(24)25/h4-6,13,16,26H,1-3,7-12H2,(H,24,25). The number of aliphatic hydroxyl groups is 1. The SMILES string of the molecule is O=C(O)N1CCN(C(=O)C(c2cccc(Br)c2)C2(O)CCCCC2)CC1. The number of piperazine rings is 1. The molecule has 26 heavy (non-hydrogen) atoms. The number of nitrogens with zero attached hydrogens (tertiary/aromatic N) is 2. The van der Waals surface area contributed by atoms with Gasteiger partial charge in [0.1, 0.15) is 0 Å². The number of hydrogen-bond acceptors (Lipinski definition) is 3. The van der Waals surface area contributed by atoms with E-state index in [-0.39, 0.29) is 5.91 Å². The maximum absolute atomic E-state index is 13.4. The van der Waals surface area contributed by atoms with E-state index >= 15 is 0 Å². The van der Waals surface area contributed by atoms with E-state index in [4.69, 9.17) is 5.11 Å². The van der Waals surface area contributed by atoms with E-state index in [0.717, 1.165) is 29.3 Å². The Morgan fingerprint density at radius 1 is 1.04 bits per heavy atom. The lowest BCUT2D eigenvalue weighted by molar-refractivity contribution is -0.143. The molecule has 2 amide bonds. The van der Waals surface area contributed by atoms with Crippen LogP contribution >= 0.6 is 15.9 Å². The summed E-state index contributed by atoms with van der Waals surface area (Å²) in [7, 11) is 0. The second-order valence-electron chi connectivity index (χ2n) is 7.25. The summed E-state index contributed by atoms with van der Waals surface area (Å²) >= 11 is 3.46. The minimum atomic E-state index is -1.04. The fraction of sp³-hybridized carbons (Fsp3) is 0.579. The zero-order chi connectivity index (χ0) is 18.7. The molecule has 1 aliphatic carbocycles. The number of carbonyl (C=O) groups excluding carboxylic acids is 1. The normalized spacial score (nSPS) is 21.3. The van der Waals surface area contributed by atoms with Gasteiger partial charge in [-0.1, -0.05) is 47.3 Å². The first-order valence-electron chi connectivity index (χ1n) is 9.15. The third-order valence-electron chi connectivity index (χ3n) is 5.55. The first kappa shape index (κ1) is 19.2. The van der Waals surface area contributed by atoms with Gasteiger partial charge in [-0.3, -0.25) is 4.79 Å². The highest BCUT2D eigenvalue weighted by molar-refractivity contribution is 9.10. The highest BCUT2D eigenvalue weighted by Crippen LogP contribution is 2.41. The predicted octanol–water partition coefficient (Wildman–Crippen LogP) is 3.05. The second-order valence-corrected chi connectivity index (χ2v) is 8.16. The molecule has 7 heteroatoms. The Morgan fingerprint density at radius 3 is 2.23 bits per heavy atom. The molecular formula is C19H25BrN2O4. The molecule has 1 saturated carbocycles. The molecule has 2 N–H and O–H groups in total. The van der Waals surface area contributed by atoms with Crippen LogP contribution in [-0.4, -0.2) is 63.8 Å². The Kier molecular flexibility index (Phi) is 5.87. The molecule has 0 bridgehead atoms. The Morgan fingerprint density at radius 2 is 1.65 bits per heavy atom. The van der Waals surface area contributed by atoms with Gasteiger partial charge in [-0.2, -0.15) is 0 Å². The molecule has 3 rings (SSSR count). The molecule has 0 aromatic heterocycles. The molecule has 1 aromatic carbocycles. The van der Waals surface area contributed by atoms with Crippen molar-refractivity contribution in [3.8, 4) is 0 Å². The molecule has 1 unspecified atom stereocenters. The Labute approximate surface area is 161 Å². The first-order chi connectivity index (χ1) is 12.4. The zero-order valence-electron chi connectivity index (χ0n) is 14.7. The number of halogens is 1. The van der Waals surface area contributed by atoms with Crippen LogP contribution in [0.4, 0.5) is 4.79 Å². The Hall–Kier alpha value is -1.60. The van der Waals surface area contributed by atoms with E-state index in [2.05, 4.69) is 15.9 Å². The molecule has 0 radical (unpaired) electrons. The smallest absolute Gasteiger partial charge is 0.407 e. The molecule has 1 saturated heterocycles. The maximum atomic E-state index is 13.4. The summed E-state index contributed by atoms with van der Waals surface area (Å²) < 4.78 is 0.878. The van der Waals surface area contributed by atoms with Crippen molar-refractivity contribution in [3.63, 3.8) is 0 Å². The van der Waals surface area contributed by atoms with Crippen molar-refractivity contribution >= 4 is 27.9 Å². The fourth-order valence-corrected chi connectivity index (χ4v) is 4.54. The van der Waals surface area contributed by atoms with Gasteiger partial charge in [-0.25, -0.2) is 4.79 Å². The van der Waals surface area contributed by atoms with Crippen molar-refractivity contribution in [2.24, 2.45) is 0 Å². The fourth-order valence-electron chi connectivity index (χ4n) is 4.12. The van der Waals surface area contributed by atoms with Crippen molar-refractivity contribution < 1.29 is 19.8 Å². The Balaban J connectivity index is 1.86. The van der Waals surface area contributed by atoms with Crippen LogP contribution in [0, 0.1) is 0 Å². The molecule has 1 aromatic rings. The van der Waals surface area contributed by atoms with Crippen LogP contribution < -0.4 is 0 Å². The molecule has 1 heterocycles. The minimum Gasteiger partial charge on any atom is -0.465 e. The molecule has 0 spiro atoms. The summed E-state index contributed by atoms with van der Waals surface area (Å²) in [5.41, 5.74) is -0.227. The maximum Gasteiger partial charge on any atom is 0.407 e. The lowest BCUT2D eigenvalue weighted by Crippen LogP contribution is -2.54. The quantitative estimate of drug-likeness (QED) is 0.780. The van der Waals surface area contributed by atoms with Gasteiger partial charge in [0.15, 0.2) is 0 Å². The van der Waals surface area contributed by atoms with Crippen LogP contribution in [0.3, 0.4) is 0 Å². The molecule has 1 atom stereocenters. The molecular weight excluding hydrogens is 400 g/mol. The van der Waals surface area contributed by atoms with Gasteiger partial charge in [0, 0.05) is 30.7 Å². The summed E-state index contributed by atoms with van der Waals surface area (Å²) in [6, 6.07) is 7.59. The van der Waals surface area contributed by atoms with Crippen LogP contribution in [-0.2, 0) is 4.79 Å². The Bertz CT molecular complexity index is 667.